The normalized spacial score (nSPS) is 10.1. The molecule has 0 saturated heterocycles. The van der Waals surface area contributed by atoms with E-state index in [4.69, 9.17) is 9.84 Å². The van der Waals surface area contributed by atoms with Gasteiger partial charge in [0.2, 0.25) is 0 Å². The Bertz CT molecular complexity index is 582. The molecular weight excluding hydrogens is 256 g/mol. The molecular formula is C15H16N2O3. The summed E-state index contributed by atoms with van der Waals surface area (Å²) in [6, 6.07) is 9.01. The number of carbonyl (C=O) groups is 1. The molecule has 1 heterocycles. The monoisotopic (exact) mass is 272 g/mol. The summed E-state index contributed by atoms with van der Waals surface area (Å²) < 4.78 is 5.10. The second-order valence-electron chi connectivity index (χ2n) is 4.23. The Labute approximate surface area is 117 Å². The fourth-order valence-corrected chi connectivity index (χ4v) is 1.77. The molecule has 2 aromatic rings. The molecule has 1 amide bonds. The number of aliphatic hydroxyl groups is 1. The van der Waals surface area contributed by atoms with E-state index in [1.165, 1.54) is 13.3 Å². The highest BCUT2D eigenvalue weighted by Gasteiger charge is 2.11. The van der Waals surface area contributed by atoms with Crippen molar-refractivity contribution in [2.75, 3.05) is 7.11 Å². The van der Waals surface area contributed by atoms with Crippen molar-refractivity contribution < 1.29 is 14.6 Å². The van der Waals surface area contributed by atoms with Gasteiger partial charge in [-0.1, -0.05) is 24.3 Å². The number of aliphatic hydroxyl groups excluding tert-OH is 1. The molecule has 0 aliphatic heterocycles. The minimum atomic E-state index is -0.213. The largest absolute Gasteiger partial charge is 0.494 e. The van der Waals surface area contributed by atoms with Crippen LogP contribution in [0.5, 0.6) is 5.75 Å². The van der Waals surface area contributed by atoms with E-state index in [0.717, 1.165) is 11.1 Å². The average molecular weight is 272 g/mol. The molecule has 2 rings (SSSR count). The third-order valence-electron chi connectivity index (χ3n) is 2.91. The second kappa shape index (κ2) is 6.68. The zero-order chi connectivity index (χ0) is 14.4. The van der Waals surface area contributed by atoms with Crippen LogP contribution < -0.4 is 10.1 Å². The van der Waals surface area contributed by atoms with Crippen molar-refractivity contribution in [1.82, 2.24) is 10.3 Å². The van der Waals surface area contributed by atoms with Gasteiger partial charge in [0.1, 0.15) is 5.75 Å². The number of rotatable bonds is 5. The highest BCUT2D eigenvalue weighted by molar-refractivity contribution is 5.96. The molecule has 20 heavy (non-hydrogen) atoms. The third-order valence-corrected chi connectivity index (χ3v) is 2.91. The summed E-state index contributed by atoms with van der Waals surface area (Å²) in [5, 5.41) is 11.8. The molecule has 0 aliphatic rings. The maximum atomic E-state index is 12.1. The SMILES string of the molecule is COc1cnccc1C(=O)NCc1ccc(CO)cc1. The van der Waals surface area contributed by atoms with E-state index in [1.807, 2.05) is 24.3 Å². The van der Waals surface area contributed by atoms with E-state index in [9.17, 15) is 4.79 Å². The molecule has 0 aliphatic carbocycles. The number of hydrogen-bond donors (Lipinski definition) is 2. The summed E-state index contributed by atoms with van der Waals surface area (Å²) in [4.78, 5) is 16.0. The Hall–Kier alpha value is -2.40. The van der Waals surface area contributed by atoms with Crippen molar-refractivity contribution in [3.8, 4) is 5.75 Å². The number of hydrogen-bond acceptors (Lipinski definition) is 4. The summed E-state index contributed by atoms with van der Waals surface area (Å²) >= 11 is 0. The quantitative estimate of drug-likeness (QED) is 0.865. The third kappa shape index (κ3) is 3.33. The zero-order valence-corrected chi connectivity index (χ0v) is 11.2. The van der Waals surface area contributed by atoms with E-state index in [0.29, 0.717) is 17.9 Å². The number of nitrogens with one attached hydrogen (secondary N) is 1. The summed E-state index contributed by atoms with van der Waals surface area (Å²) in [5.74, 6) is 0.233. The number of methoxy groups -OCH3 is 1. The second-order valence-corrected chi connectivity index (χ2v) is 4.23. The minimum Gasteiger partial charge on any atom is -0.494 e. The number of benzene rings is 1. The van der Waals surface area contributed by atoms with Crippen molar-refractivity contribution in [3.63, 3.8) is 0 Å². The number of aromatic nitrogens is 1. The van der Waals surface area contributed by atoms with Gasteiger partial charge >= 0.3 is 0 Å². The van der Waals surface area contributed by atoms with Gasteiger partial charge in [-0.05, 0) is 17.2 Å². The maximum absolute atomic E-state index is 12.1. The van der Waals surface area contributed by atoms with Gasteiger partial charge in [-0.25, -0.2) is 0 Å². The van der Waals surface area contributed by atoms with Crippen molar-refractivity contribution >= 4 is 5.91 Å². The molecule has 0 unspecified atom stereocenters. The van der Waals surface area contributed by atoms with Crippen LogP contribution in [0.1, 0.15) is 21.5 Å². The first kappa shape index (κ1) is 14.0. The number of pyridine rings is 1. The van der Waals surface area contributed by atoms with Crippen LogP contribution in [0, 0.1) is 0 Å². The minimum absolute atomic E-state index is 0.0147. The molecule has 2 N–H and O–H groups in total. The molecule has 104 valence electrons. The fourth-order valence-electron chi connectivity index (χ4n) is 1.77. The lowest BCUT2D eigenvalue weighted by atomic mass is 10.1. The Kier molecular flexibility index (Phi) is 4.68. The van der Waals surface area contributed by atoms with Crippen LogP contribution in [0.15, 0.2) is 42.7 Å². The lowest BCUT2D eigenvalue weighted by molar-refractivity contribution is 0.0947. The molecule has 0 saturated carbocycles. The summed E-state index contributed by atoms with van der Waals surface area (Å²) in [6.07, 6.45) is 3.05. The van der Waals surface area contributed by atoms with Gasteiger partial charge in [0.25, 0.3) is 5.91 Å². The number of carbonyl (C=O) groups excluding carboxylic acids is 1. The van der Waals surface area contributed by atoms with E-state index in [2.05, 4.69) is 10.3 Å². The van der Waals surface area contributed by atoms with E-state index < -0.39 is 0 Å². The molecule has 0 bridgehead atoms. The van der Waals surface area contributed by atoms with E-state index >= 15 is 0 Å². The Morgan fingerprint density at radius 1 is 1.25 bits per heavy atom. The first-order chi connectivity index (χ1) is 9.74. The smallest absolute Gasteiger partial charge is 0.255 e. The number of ether oxygens (including phenoxy) is 1. The van der Waals surface area contributed by atoms with E-state index in [-0.39, 0.29) is 12.5 Å². The average Bonchev–Trinajstić information content (AvgIpc) is 2.53. The van der Waals surface area contributed by atoms with Crippen LogP contribution in [0.2, 0.25) is 0 Å². The van der Waals surface area contributed by atoms with E-state index in [1.54, 1.807) is 12.3 Å². The van der Waals surface area contributed by atoms with Crippen molar-refractivity contribution in [1.29, 1.82) is 0 Å². The van der Waals surface area contributed by atoms with Crippen molar-refractivity contribution in [2.45, 2.75) is 13.2 Å². The first-order valence-corrected chi connectivity index (χ1v) is 6.19. The summed E-state index contributed by atoms with van der Waals surface area (Å²) in [5.41, 5.74) is 2.26. The topological polar surface area (TPSA) is 71.5 Å². The van der Waals surface area contributed by atoms with Crippen LogP contribution in [0.25, 0.3) is 0 Å². The summed E-state index contributed by atoms with van der Waals surface area (Å²) in [7, 11) is 1.50. The molecule has 1 aromatic heterocycles. The standard InChI is InChI=1S/C15H16N2O3/c1-20-14-9-16-7-6-13(14)15(19)17-8-11-2-4-12(10-18)5-3-11/h2-7,9,18H,8,10H2,1H3,(H,17,19). The number of nitrogens with zero attached hydrogens (tertiary/aromatic N) is 1. The van der Waals surface area contributed by atoms with Crippen LogP contribution in [0.3, 0.4) is 0 Å². The highest BCUT2D eigenvalue weighted by atomic mass is 16.5. The van der Waals surface area contributed by atoms with Crippen molar-refractivity contribution in [2.24, 2.45) is 0 Å². The van der Waals surface area contributed by atoms with Gasteiger partial charge < -0.3 is 15.2 Å². The molecule has 0 fully saturated rings. The lowest BCUT2D eigenvalue weighted by Crippen LogP contribution is -2.23. The van der Waals surface area contributed by atoms with Gasteiger partial charge in [0.05, 0.1) is 25.5 Å². The molecule has 0 atom stereocenters. The molecule has 0 spiro atoms. The maximum Gasteiger partial charge on any atom is 0.255 e. The molecule has 5 nitrogen and oxygen atoms in total. The summed E-state index contributed by atoms with van der Waals surface area (Å²) in [6.45, 7) is 0.427. The van der Waals surface area contributed by atoms with Crippen LogP contribution in [-0.4, -0.2) is 23.1 Å². The van der Waals surface area contributed by atoms with Gasteiger partial charge in [-0.2, -0.15) is 0 Å². The predicted molar refractivity (Wildman–Crippen MR) is 74.3 cm³/mol. The first-order valence-electron chi connectivity index (χ1n) is 6.19. The fraction of sp³-hybridized carbons (Fsp3) is 0.200. The van der Waals surface area contributed by atoms with Gasteiger partial charge in [-0.3, -0.25) is 9.78 Å². The van der Waals surface area contributed by atoms with Crippen LogP contribution >= 0.6 is 0 Å². The van der Waals surface area contributed by atoms with Gasteiger partial charge in [-0.15, -0.1) is 0 Å². The van der Waals surface area contributed by atoms with Crippen LogP contribution in [0.4, 0.5) is 0 Å². The van der Waals surface area contributed by atoms with Gasteiger partial charge in [0.15, 0.2) is 0 Å². The molecule has 0 radical (unpaired) electrons. The Morgan fingerprint density at radius 3 is 2.60 bits per heavy atom. The van der Waals surface area contributed by atoms with Crippen LogP contribution in [-0.2, 0) is 13.2 Å². The number of amides is 1. The lowest BCUT2D eigenvalue weighted by Gasteiger charge is -2.09. The van der Waals surface area contributed by atoms with Gasteiger partial charge in [0, 0.05) is 12.7 Å². The highest BCUT2D eigenvalue weighted by Crippen LogP contribution is 2.15. The Morgan fingerprint density at radius 2 is 1.95 bits per heavy atom. The van der Waals surface area contributed by atoms with Crippen molar-refractivity contribution in [3.05, 3.63) is 59.4 Å². The Balaban J connectivity index is 2.01. The predicted octanol–water partition coefficient (Wildman–Crippen LogP) is 1.51. The molecule has 1 aromatic carbocycles. The molecule has 5 heteroatoms. The zero-order valence-electron chi connectivity index (χ0n) is 11.2.